The minimum atomic E-state index is 0.00259. The van der Waals surface area contributed by atoms with Gasteiger partial charge in [0, 0.05) is 13.6 Å². The lowest BCUT2D eigenvalue weighted by molar-refractivity contribution is 0.933. The highest BCUT2D eigenvalue weighted by Gasteiger charge is 2.14. The minimum absolute atomic E-state index is 0.00259. The molecule has 0 unspecified atom stereocenters. The van der Waals surface area contributed by atoms with Gasteiger partial charge in [0.05, 0.1) is 0 Å². The zero-order valence-electron chi connectivity index (χ0n) is 8.06. The SMILES string of the molecule is CCN(C)c1nc(N)nc(N)c1N=O. The predicted molar refractivity (Wildman–Crippen MR) is 55.3 cm³/mol. The van der Waals surface area contributed by atoms with E-state index in [9.17, 15) is 4.91 Å². The Morgan fingerprint density at radius 3 is 2.57 bits per heavy atom. The highest BCUT2D eigenvalue weighted by molar-refractivity contribution is 5.74. The first-order valence-corrected chi connectivity index (χ1v) is 4.07. The molecule has 0 bridgehead atoms. The fourth-order valence-electron chi connectivity index (χ4n) is 0.981. The highest BCUT2D eigenvalue weighted by atomic mass is 16.3. The molecular weight excluding hydrogens is 184 g/mol. The maximum Gasteiger partial charge on any atom is 0.224 e. The van der Waals surface area contributed by atoms with Crippen LogP contribution in [0.3, 0.4) is 0 Å². The second kappa shape index (κ2) is 3.86. The number of anilines is 3. The van der Waals surface area contributed by atoms with Crippen molar-refractivity contribution in [2.24, 2.45) is 5.18 Å². The molecular formula is C7H12N6O. The number of hydrogen-bond donors (Lipinski definition) is 2. The Morgan fingerprint density at radius 1 is 1.43 bits per heavy atom. The monoisotopic (exact) mass is 196 g/mol. The number of nitrogens with zero attached hydrogens (tertiary/aromatic N) is 4. The van der Waals surface area contributed by atoms with Crippen LogP contribution in [0.4, 0.5) is 23.3 Å². The summed E-state index contributed by atoms with van der Waals surface area (Å²) in [5.41, 5.74) is 10.9. The van der Waals surface area contributed by atoms with Crippen LogP contribution in [0.2, 0.25) is 0 Å². The average Bonchev–Trinajstić information content (AvgIpc) is 2.15. The average molecular weight is 196 g/mol. The molecule has 0 saturated carbocycles. The lowest BCUT2D eigenvalue weighted by atomic mass is 10.4. The molecule has 76 valence electrons. The molecule has 0 aliphatic heterocycles. The van der Waals surface area contributed by atoms with Crippen molar-refractivity contribution in [1.82, 2.24) is 9.97 Å². The number of rotatable bonds is 3. The van der Waals surface area contributed by atoms with Gasteiger partial charge in [0.1, 0.15) is 0 Å². The molecule has 0 saturated heterocycles. The molecule has 0 aliphatic rings. The van der Waals surface area contributed by atoms with E-state index < -0.39 is 0 Å². The topological polar surface area (TPSA) is 110 Å². The van der Waals surface area contributed by atoms with Gasteiger partial charge in [0.25, 0.3) is 0 Å². The largest absolute Gasteiger partial charge is 0.382 e. The Morgan fingerprint density at radius 2 is 2.07 bits per heavy atom. The van der Waals surface area contributed by atoms with Gasteiger partial charge in [-0.3, -0.25) is 0 Å². The van der Waals surface area contributed by atoms with E-state index in [0.29, 0.717) is 12.4 Å². The van der Waals surface area contributed by atoms with Crippen LogP contribution in [-0.2, 0) is 0 Å². The van der Waals surface area contributed by atoms with Gasteiger partial charge in [0.2, 0.25) is 5.95 Å². The van der Waals surface area contributed by atoms with Gasteiger partial charge in [-0.15, -0.1) is 4.91 Å². The summed E-state index contributed by atoms with van der Waals surface area (Å²) in [6.45, 7) is 2.57. The van der Waals surface area contributed by atoms with Crippen LogP contribution in [0.15, 0.2) is 5.18 Å². The molecule has 0 amide bonds. The van der Waals surface area contributed by atoms with Crippen molar-refractivity contribution < 1.29 is 0 Å². The molecule has 1 aromatic rings. The number of nitroso groups, excluding NO2 is 1. The summed E-state index contributed by atoms with van der Waals surface area (Å²) < 4.78 is 0. The third kappa shape index (κ3) is 1.70. The van der Waals surface area contributed by atoms with E-state index in [1.54, 1.807) is 11.9 Å². The Bertz CT molecular complexity index is 352. The second-order valence-electron chi connectivity index (χ2n) is 2.74. The van der Waals surface area contributed by atoms with E-state index in [-0.39, 0.29) is 17.5 Å². The van der Waals surface area contributed by atoms with Crippen LogP contribution in [0.5, 0.6) is 0 Å². The van der Waals surface area contributed by atoms with E-state index >= 15 is 0 Å². The van der Waals surface area contributed by atoms with E-state index in [0.717, 1.165) is 0 Å². The Balaban J connectivity index is 3.31. The van der Waals surface area contributed by atoms with Crippen molar-refractivity contribution in [1.29, 1.82) is 0 Å². The normalized spacial score (nSPS) is 9.86. The number of nitrogens with two attached hydrogens (primary N) is 2. The van der Waals surface area contributed by atoms with Gasteiger partial charge in [-0.2, -0.15) is 9.97 Å². The lowest BCUT2D eigenvalue weighted by Crippen LogP contribution is -2.19. The van der Waals surface area contributed by atoms with Crippen molar-refractivity contribution in [3.8, 4) is 0 Å². The summed E-state index contributed by atoms with van der Waals surface area (Å²) in [7, 11) is 1.76. The van der Waals surface area contributed by atoms with Crippen molar-refractivity contribution in [3.63, 3.8) is 0 Å². The standard InChI is InChI=1S/C7H12N6O/c1-3-13(2)6-4(12-14)5(8)10-7(9)11-6/h3H2,1-2H3,(H4,8,9,10,11). The van der Waals surface area contributed by atoms with Crippen LogP contribution in [0, 0.1) is 4.91 Å². The third-order valence-electron chi connectivity index (χ3n) is 1.84. The van der Waals surface area contributed by atoms with Gasteiger partial charge in [0.15, 0.2) is 17.3 Å². The second-order valence-corrected chi connectivity index (χ2v) is 2.74. The third-order valence-corrected chi connectivity index (χ3v) is 1.84. The number of hydrogen-bond acceptors (Lipinski definition) is 7. The molecule has 4 N–H and O–H groups in total. The number of nitrogen functional groups attached to an aromatic ring is 2. The van der Waals surface area contributed by atoms with E-state index in [1.165, 1.54) is 0 Å². The summed E-state index contributed by atoms with van der Waals surface area (Å²) in [5, 5.41) is 2.78. The Kier molecular flexibility index (Phi) is 2.80. The van der Waals surface area contributed by atoms with Gasteiger partial charge >= 0.3 is 0 Å². The molecule has 14 heavy (non-hydrogen) atoms. The van der Waals surface area contributed by atoms with Crippen molar-refractivity contribution in [3.05, 3.63) is 4.91 Å². The summed E-state index contributed by atoms with van der Waals surface area (Å²) >= 11 is 0. The van der Waals surface area contributed by atoms with Crippen LogP contribution in [0.25, 0.3) is 0 Å². The number of aromatic nitrogens is 2. The molecule has 1 aromatic heterocycles. The molecule has 0 radical (unpaired) electrons. The summed E-state index contributed by atoms with van der Waals surface area (Å²) in [6.07, 6.45) is 0. The smallest absolute Gasteiger partial charge is 0.224 e. The summed E-state index contributed by atoms with van der Waals surface area (Å²) in [5.74, 6) is 0.389. The van der Waals surface area contributed by atoms with Crippen LogP contribution < -0.4 is 16.4 Å². The molecule has 0 spiro atoms. The van der Waals surface area contributed by atoms with Gasteiger partial charge in [-0.25, -0.2) is 0 Å². The van der Waals surface area contributed by atoms with Crippen LogP contribution in [-0.4, -0.2) is 23.6 Å². The zero-order chi connectivity index (χ0) is 10.7. The Hall–Kier alpha value is -1.92. The Labute approximate surface area is 81.1 Å². The van der Waals surface area contributed by atoms with E-state index in [1.807, 2.05) is 6.92 Å². The zero-order valence-corrected chi connectivity index (χ0v) is 8.06. The quantitative estimate of drug-likeness (QED) is 0.681. The van der Waals surface area contributed by atoms with E-state index in [2.05, 4.69) is 15.1 Å². The van der Waals surface area contributed by atoms with Gasteiger partial charge < -0.3 is 16.4 Å². The first kappa shape index (κ1) is 10.2. The lowest BCUT2D eigenvalue weighted by Gasteiger charge is -2.17. The molecule has 0 aromatic carbocycles. The van der Waals surface area contributed by atoms with Crippen LogP contribution >= 0.6 is 0 Å². The van der Waals surface area contributed by atoms with Gasteiger partial charge in [-0.1, -0.05) is 0 Å². The van der Waals surface area contributed by atoms with Crippen molar-refractivity contribution in [2.45, 2.75) is 6.92 Å². The fraction of sp³-hybridized carbons (Fsp3) is 0.429. The first-order chi connectivity index (χ1) is 6.60. The molecule has 1 rings (SSSR count). The first-order valence-electron chi connectivity index (χ1n) is 4.07. The van der Waals surface area contributed by atoms with Crippen molar-refractivity contribution in [2.75, 3.05) is 30.0 Å². The molecule has 7 nitrogen and oxygen atoms in total. The predicted octanol–water partition coefficient (Wildman–Crippen LogP) is 0.495. The highest BCUT2D eigenvalue weighted by Crippen LogP contribution is 2.30. The molecule has 1 heterocycles. The summed E-state index contributed by atoms with van der Waals surface area (Å²) in [6, 6.07) is 0. The molecule has 7 heteroatoms. The van der Waals surface area contributed by atoms with Gasteiger partial charge in [-0.05, 0) is 12.1 Å². The van der Waals surface area contributed by atoms with Crippen molar-refractivity contribution >= 4 is 23.3 Å². The maximum atomic E-state index is 10.5. The van der Waals surface area contributed by atoms with Crippen LogP contribution in [0.1, 0.15) is 6.92 Å². The van der Waals surface area contributed by atoms with E-state index in [4.69, 9.17) is 11.5 Å². The maximum absolute atomic E-state index is 10.5. The summed E-state index contributed by atoms with van der Waals surface area (Å²) in [4.78, 5) is 19.8. The molecule has 0 fully saturated rings. The minimum Gasteiger partial charge on any atom is -0.382 e. The fourth-order valence-corrected chi connectivity index (χ4v) is 0.981. The molecule has 0 aliphatic carbocycles. The molecule has 0 atom stereocenters.